The Morgan fingerprint density at radius 2 is 0.621 bits per heavy atom. The molecule has 0 fully saturated rings. The molecule has 0 spiro atoms. The smallest absolute Gasteiger partial charge is 0.147 e. The van der Waals surface area contributed by atoms with E-state index in [9.17, 15) is 0 Å². The molecule has 0 saturated carbocycles. The molecule has 0 unspecified atom stereocenters. The minimum atomic E-state index is -1.61. The van der Waals surface area contributed by atoms with E-state index in [2.05, 4.69) is 139 Å². The van der Waals surface area contributed by atoms with Crippen LogP contribution in [-0.2, 0) is 9.47 Å². The van der Waals surface area contributed by atoms with Crippen LogP contribution in [0.25, 0.3) is 0 Å². The minimum Gasteiger partial charge on any atom is -0.489 e. The van der Waals surface area contributed by atoms with E-state index in [-0.39, 0.29) is 0 Å². The SMILES string of the molecule is C=CCCCCCCCCCCCCCCCC.C=COCC#C[Si](C(C)C)(C(C)C)C(C)C.CCCCCCCCCCCCCCCC/C=C\OCC#C[Si](C(C)C)(C(C)C)C(C)C. The second kappa shape index (κ2) is 49.8. The van der Waals surface area contributed by atoms with Crippen LogP contribution in [-0.4, -0.2) is 29.4 Å². The first-order valence-corrected chi connectivity index (χ1v) is 33.3. The highest BCUT2D eigenvalue weighted by Crippen LogP contribution is 2.41. The van der Waals surface area contributed by atoms with E-state index in [0.29, 0.717) is 46.5 Å². The molecule has 2 nitrogen and oxygen atoms in total. The summed E-state index contributed by atoms with van der Waals surface area (Å²) in [4.78, 5) is 0. The van der Waals surface area contributed by atoms with E-state index < -0.39 is 16.1 Å². The second-order valence-electron chi connectivity index (χ2n) is 21.6. The average molecular weight is 954 g/mol. The number of rotatable bonds is 40. The number of hydrogen-bond donors (Lipinski definition) is 0. The molecule has 0 heterocycles. The van der Waals surface area contributed by atoms with Crippen LogP contribution in [0.5, 0.6) is 0 Å². The van der Waals surface area contributed by atoms with Gasteiger partial charge in [0.1, 0.15) is 29.4 Å². The van der Waals surface area contributed by atoms with Gasteiger partial charge in [-0.3, -0.25) is 0 Å². The molecule has 0 saturated heterocycles. The predicted molar refractivity (Wildman–Crippen MR) is 309 cm³/mol. The van der Waals surface area contributed by atoms with E-state index in [4.69, 9.17) is 9.47 Å². The maximum absolute atomic E-state index is 5.66. The Labute approximate surface area is 420 Å². The van der Waals surface area contributed by atoms with Crippen molar-refractivity contribution in [3.8, 4) is 22.9 Å². The highest BCUT2D eigenvalue weighted by atomic mass is 28.3. The van der Waals surface area contributed by atoms with Gasteiger partial charge < -0.3 is 9.47 Å². The lowest BCUT2D eigenvalue weighted by Gasteiger charge is -2.38. The van der Waals surface area contributed by atoms with Gasteiger partial charge in [0.2, 0.25) is 0 Å². The average Bonchev–Trinajstić information content (AvgIpc) is 3.26. The summed E-state index contributed by atoms with van der Waals surface area (Å²) in [7, 11) is -3.16. The molecule has 0 amide bonds. The zero-order chi connectivity index (χ0) is 50.2. The number of hydrogen-bond acceptors (Lipinski definition) is 2. The molecule has 0 aliphatic heterocycles. The van der Waals surface area contributed by atoms with E-state index in [1.165, 1.54) is 192 Å². The summed E-state index contributed by atoms with van der Waals surface area (Å²) in [6, 6.07) is 0. The van der Waals surface area contributed by atoms with Crippen LogP contribution in [0.3, 0.4) is 0 Å². The second-order valence-corrected chi connectivity index (χ2v) is 32.8. The van der Waals surface area contributed by atoms with Gasteiger partial charge in [0, 0.05) is 0 Å². The van der Waals surface area contributed by atoms with E-state index in [0.717, 1.165) is 6.42 Å². The van der Waals surface area contributed by atoms with Crippen molar-refractivity contribution in [2.45, 2.75) is 323 Å². The Morgan fingerprint density at radius 1 is 0.364 bits per heavy atom. The zero-order valence-corrected chi connectivity index (χ0v) is 49.6. The van der Waals surface area contributed by atoms with Crippen LogP contribution in [0.15, 0.2) is 37.8 Å². The molecule has 0 aliphatic rings. The molecule has 0 atom stereocenters. The third-order valence-corrected chi connectivity index (χ3v) is 27.1. The first-order chi connectivity index (χ1) is 31.7. The van der Waals surface area contributed by atoms with Crippen molar-refractivity contribution in [1.29, 1.82) is 0 Å². The van der Waals surface area contributed by atoms with Gasteiger partial charge in [0.15, 0.2) is 0 Å². The molecule has 66 heavy (non-hydrogen) atoms. The van der Waals surface area contributed by atoms with Crippen LogP contribution in [0.4, 0.5) is 0 Å². The fourth-order valence-electron chi connectivity index (χ4n) is 10.5. The van der Waals surface area contributed by atoms with Gasteiger partial charge in [0.05, 0.1) is 12.5 Å². The Morgan fingerprint density at radius 3 is 0.879 bits per heavy atom. The van der Waals surface area contributed by atoms with E-state index in [1.54, 1.807) is 0 Å². The fraction of sp³-hybridized carbons (Fsp3) is 0.839. The molecule has 0 aromatic carbocycles. The van der Waals surface area contributed by atoms with Gasteiger partial charge in [-0.05, 0) is 65.0 Å². The van der Waals surface area contributed by atoms with Gasteiger partial charge in [-0.15, -0.1) is 17.7 Å². The van der Waals surface area contributed by atoms with Crippen molar-refractivity contribution < 1.29 is 9.47 Å². The Bertz CT molecular complexity index is 1150. The molecular weight excluding hydrogens is 833 g/mol. The minimum absolute atomic E-state index is 0.477. The topological polar surface area (TPSA) is 18.5 Å². The summed E-state index contributed by atoms with van der Waals surface area (Å²) in [6.07, 6.45) is 49.9. The third kappa shape index (κ3) is 37.3. The van der Waals surface area contributed by atoms with Gasteiger partial charge in [-0.25, -0.2) is 0 Å². The highest BCUT2D eigenvalue weighted by molar-refractivity contribution is 6.91. The van der Waals surface area contributed by atoms with Crippen LogP contribution in [0, 0.1) is 22.9 Å². The van der Waals surface area contributed by atoms with Crippen molar-refractivity contribution in [1.82, 2.24) is 0 Å². The van der Waals surface area contributed by atoms with Crippen molar-refractivity contribution in [2.24, 2.45) is 0 Å². The molecule has 0 rings (SSSR count). The quantitative estimate of drug-likeness (QED) is 0.0200. The normalized spacial score (nSPS) is 11.6. The zero-order valence-electron chi connectivity index (χ0n) is 47.6. The van der Waals surface area contributed by atoms with E-state index >= 15 is 0 Å². The molecule has 388 valence electrons. The summed E-state index contributed by atoms with van der Waals surface area (Å²) in [5.74, 6) is 6.55. The highest BCUT2D eigenvalue weighted by Gasteiger charge is 2.42. The van der Waals surface area contributed by atoms with Crippen molar-refractivity contribution in [3.63, 3.8) is 0 Å². The molecule has 0 N–H and O–H groups in total. The number of allylic oxidation sites excluding steroid dienone is 2. The first kappa shape index (κ1) is 68.6. The van der Waals surface area contributed by atoms with Gasteiger partial charge in [-0.1, -0.05) is 288 Å². The Hall–Kier alpha value is -1.63. The van der Waals surface area contributed by atoms with Gasteiger partial charge >= 0.3 is 0 Å². The largest absolute Gasteiger partial charge is 0.489 e. The van der Waals surface area contributed by atoms with Crippen molar-refractivity contribution >= 4 is 16.1 Å². The molecule has 0 aromatic rings. The van der Waals surface area contributed by atoms with Crippen LogP contribution >= 0.6 is 0 Å². The van der Waals surface area contributed by atoms with Gasteiger partial charge in [-0.2, -0.15) is 0 Å². The molecule has 0 aliphatic carbocycles. The van der Waals surface area contributed by atoms with Gasteiger partial charge in [0.25, 0.3) is 0 Å². The maximum Gasteiger partial charge on any atom is 0.147 e. The number of ether oxygens (including phenoxy) is 2. The van der Waals surface area contributed by atoms with E-state index in [1.807, 2.05) is 12.3 Å². The van der Waals surface area contributed by atoms with Crippen molar-refractivity contribution in [3.05, 3.63) is 37.8 Å². The Kier molecular flexibility index (Phi) is 51.8. The fourth-order valence-corrected chi connectivity index (χ4v) is 21.0. The standard InChI is InChI=1S/C30H58OSi.C18H36.C14H26OSi/c1-8-9-10-11-12-13-14-15-16-17-18-19-20-21-22-23-25-31-26-24-27-32(28(2)3,29(4)5)30(6)7;1-3-5-7-9-11-13-15-17-18-16-14-12-10-8-6-4-2;1-8-15-10-9-11-16(12(2)3,13(4)5)14(6)7/h23,25,28-30H,8-22,26H2,1-7H3;3H,1,4-18H2,2H3;8,12-14H,1,10H2,2-7H3/b25-23-;;. The first-order valence-electron chi connectivity index (χ1n) is 28.8. The molecule has 4 heteroatoms. The lowest BCUT2D eigenvalue weighted by atomic mass is 10.0. The monoisotopic (exact) mass is 953 g/mol. The Balaban J connectivity index is -0.000000987. The maximum atomic E-state index is 5.66. The molecule has 0 aromatic heterocycles. The molecule has 0 radical (unpaired) electrons. The van der Waals surface area contributed by atoms with Crippen LogP contribution in [0.2, 0.25) is 33.2 Å². The molecular formula is C62H120O2Si2. The number of unbranched alkanes of at least 4 members (excludes halogenated alkanes) is 28. The lowest BCUT2D eigenvalue weighted by molar-refractivity contribution is 0.295. The predicted octanol–water partition coefficient (Wildman–Crippen LogP) is 22.0. The van der Waals surface area contributed by atoms with Crippen molar-refractivity contribution in [2.75, 3.05) is 13.2 Å². The molecule has 0 bridgehead atoms. The third-order valence-electron chi connectivity index (χ3n) is 14.4. The summed E-state index contributed by atoms with van der Waals surface area (Å²) in [5, 5.41) is 0. The van der Waals surface area contributed by atoms with Crippen LogP contribution < -0.4 is 0 Å². The summed E-state index contributed by atoms with van der Waals surface area (Å²) < 4.78 is 10.7. The summed E-state index contributed by atoms with van der Waals surface area (Å²) in [6.45, 7) is 40.9. The lowest BCUT2D eigenvalue weighted by Crippen LogP contribution is -2.43. The van der Waals surface area contributed by atoms with Crippen LogP contribution in [0.1, 0.15) is 290 Å². The summed E-state index contributed by atoms with van der Waals surface area (Å²) >= 11 is 0. The summed E-state index contributed by atoms with van der Waals surface area (Å²) in [5.41, 5.74) is 11.4.